The maximum atomic E-state index is 12.1. The highest BCUT2D eigenvalue weighted by Crippen LogP contribution is 2.19. The third-order valence-corrected chi connectivity index (χ3v) is 1.79. The maximum absolute atomic E-state index is 12.1. The summed E-state index contributed by atoms with van der Waals surface area (Å²) in [6, 6.07) is 0. The van der Waals surface area contributed by atoms with Crippen molar-refractivity contribution < 1.29 is 13.9 Å². The van der Waals surface area contributed by atoms with Gasteiger partial charge in [-0.2, -0.15) is 5.10 Å². The van der Waals surface area contributed by atoms with Crippen molar-refractivity contribution in [3.05, 3.63) is 18.0 Å². The molecule has 1 heterocycles. The third-order valence-electron chi connectivity index (χ3n) is 1.79. The van der Waals surface area contributed by atoms with Crippen LogP contribution in [0.2, 0.25) is 0 Å². The van der Waals surface area contributed by atoms with Crippen LogP contribution in [0.25, 0.3) is 0 Å². The summed E-state index contributed by atoms with van der Waals surface area (Å²) in [6.07, 6.45) is -1.75. The minimum Gasteiger partial charge on any atom is -0.382 e. The fourth-order valence-electron chi connectivity index (χ4n) is 1.15. The molecule has 1 aromatic rings. The molecule has 1 unspecified atom stereocenters. The molecule has 0 amide bonds. The van der Waals surface area contributed by atoms with Crippen LogP contribution in [0.15, 0.2) is 12.4 Å². The second-order valence-electron chi connectivity index (χ2n) is 3.67. The normalized spacial score (nSPS) is 13.9. The fraction of sp³-hybridized carbons (Fsp3) is 0.667. The number of aliphatic hydroxyl groups is 1. The van der Waals surface area contributed by atoms with Gasteiger partial charge in [0.15, 0.2) is 0 Å². The van der Waals surface area contributed by atoms with Crippen molar-refractivity contribution in [2.75, 3.05) is 0 Å². The maximum Gasteiger partial charge on any atom is 0.268 e. The molecule has 1 N–H and O–H groups in total. The number of hydrogen-bond donors (Lipinski definition) is 1. The predicted octanol–water partition coefficient (Wildman–Crippen LogP) is 1.84. The quantitative estimate of drug-likeness (QED) is 0.812. The van der Waals surface area contributed by atoms with E-state index in [1.54, 1.807) is 4.68 Å². The van der Waals surface area contributed by atoms with E-state index in [0.29, 0.717) is 12.5 Å². The number of alkyl halides is 2. The van der Waals surface area contributed by atoms with E-state index in [-0.39, 0.29) is 5.56 Å². The second kappa shape index (κ2) is 4.50. The molecule has 0 saturated carbocycles. The second-order valence-corrected chi connectivity index (χ2v) is 3.67. The Morgan fingerprint density at radius 2 is 2.14 bits per heavy atom. The summed E-state index contributed by atoms with van der Waals surface area (Å²) in [5.74, 6) is 0.395. The molecule has 0 aliphatic rings. The minimum atomic E-state index is -2.76. The van der Waals surface area contributed by atoms with E-state index >= 15 is 0 Å². The Labute approximate surface area is 81.4 Å². The van der Waals surface area contributed by atoms with Crippen molar-refractivity contribution >= 4 is 0 Å². The Bertz CT molecular complexity index is 286. The number of aliphatic hydroxyl groups excluding tert-OH is 1. The first-order valence-electron chi connectivity index (χ1n) is 4.49. The molecule has 80 valence electrons. The lowest BCUT2D eigenvalue weighted by molar-refractivity contribution is -0.00583. The van der Waals surface area contributed by atoms with Gasteiger partial charge in [-0.05, 0) is 5.92 Å². The molecule has 1 aromatic heterocycles. The highest BCUT2D eigenvalue weighted by molar-refractivity contribution is 5.08. The molecule has 0 aliphatic carbocycles. The van der Waals surface area contributed by atoms with E-state index in [4.69, 9.17) is 5.11 Å². The molecule has 1 atom stereocenters. The highest BCUT2D eigenvalue weighted by atomic mass is 19.3. The summed E-state index contributed by atoms with van der Waals surface area (Å²) in [4.78, 5) is 0. The monoisotopic (exact) mass is 204 g/mol. The van der Waals surface area contributed by atoms with Crippen LogP contribution in [-0.2, 0) is 6.54 Å². The van der Waals surface area contributed by atoms with Gasteiger partial charge in [-0.1, -0.05) is 13.8 Å². The van der Waals surface area contributed by atoms with Gasteiger partial charge in [-0.15, -0.1) is 0 Å². The zero-order chi connectivity index (χ0) is 10.7. The van der Waals surface area contributed by atoms with Crippen LogP contribution in [0.1, 0.15) is 25.5 Å². The van der Waals surface area contributed by atoms with E-state index in [2.05, 4.69) is 5.10 Å². The van der Waals surface area contributed by atoms with Crippen LogP contribution in [-0.4, -0.2) is 21.3 Å². The molecular weight excluding hydrogens is 190 g/mol. The van der Waals surface area contributed by atoms with Gasteiger partial charge in [-0.3, -0.25) is 4.68 Å². The summed E-state index contributed by atoms with van der Waals surface area (Å²) >= 11 is 0. The topological polar surface area (TPSA) is 38.0 Å². The SMILES string of the molecule is CC(C)Cn1cc(C(O)C(F)F)cn1. The zero-order valence-corrected chi connectivity index (χ0v) is 8.19. The van der Waals surface area contributed by atoms with Crippen LogP contribution < -0.4 is 0 Å². The van der Waals surface area contributed by atoms with Crippen molar-refractivity contribution in [1.82, 2.24) is 9.78 Å². The van der Waals surface area contributed by atoms with Gasteiger partial charge in [0.25, 0.3) is 6.43 Å². The van der Waals surface area contributed by atoms with Crippen LogP contribution >= 0.6 is 0 Å². The molecule has 0 fully saturated rings. The first-order chi connectivity index (χ1) is 6.50. The van der Waals surface area contributed by atoms with Gasteiger partial charge in [0.2, 0.25) is 0 Å². The van der Waals surface area contributed by atoms with E-state index < -0.39 is 12.5 Å². The predicted molar refractivity (Wildman–Crippen MR) is 48.0 cm³/mol. The Morgan fingerprint density at radius 1 is 1.50 bits per heavy atom. The first kappa shape index (κ1) is 11.1. The van der Waals surface area contributed by atoms with Crippen molar-refractivity contribution in [1.29, 1.82) is 0 Å². The average molecular weight is 204 g/mol. The molecule has 0 saturated heterocycles. The molecule has 0 radical (unpaired) electrons. The van der Waals surface area contributed by atoms with Gasteiger partial charge in [0.1, 0.15) is 6.10 Å². The minimum absolute atomic E-state index is 0.167. The smallest absolute Gasteiger partial charge is 0.268 e. The molecule has 14 heavy (non-hydrogen) atoms. The van der Waals surface area contributed by atoms with E-state index in [9.17, 15) is 8.78 Å². The number of rotatable bonds is 4. The lowest BCUT2D eigenvalue weighted by Gasteiger charge is -2.06. The van der Waals surface area contributed by atoms with Gasteiger partial charge < -0.3 is 5.11 Å². The molecule has 0 aromatic carbocycles. The van der Waals surface area contributed by atoms with Crippen molar-refractivity contribution in [2.24, 2.45) is 5.92 Å². The van der Waals surface area contributed by atoms with Crippen LogP contribution in [0.3, 0.4) is 0 Å². The zero-order valence-electron chi connectivity index (χ0n) is 8.19. The molecule has 0 aliphatic heterocycles. The van der Waals surface area contributed by atoms with Crippen molar-refractivity contribution in [3.8, 4) is 0 Å². The van der Waals surface area contributed by atoms with Crippen LogP contribution in [0.4, 0.5) is 8.78 Å². The molecule has 1 rings (SSSR count). The number of halogens is 2. The van der Waals surface area contributed by atoms with Crippen molar-refractivity contribution in [2.45, 2.75) is 32.9 Å². The van der Waals surface area contributed by atoms with Gasteiger partial charge >= 0.3 is 0 Å². The van der Waals surface area contributed by atoms with Gasteiger partial charge in [0.05, 0.1) is 6.20 Å². The average Bonchev–Trinajstić information content (AvgIpc) is 2.50. The Morgan fingerprint density at radius 3 is 2.64 bits per heavy atom. The summed E-state index contributed by atoms with van der Waals surface area (Å²) in [5.41, 5.74) is 0.167. The van der Waals surface area contributed by atoms with Gasteiger partial charge in [0, 0.05) is 18.3 Å². The Balaban J connectivity index is 2.67. The fourth-order valence-corrected chi connectivity index (χ4v) is 1.15. The summed E-state index contributed by atoms with van der Waals surface area (Å²) in [5, 5.41) is 12.9. The highest BCUT2D eigenvalue weighted by Gasteiger charge is 2.20. The largest absolute Gasteiger partial charge is 0.382 e. The molecule has 0 spiro atoms. The Kier molecular flexibility index (Phi) is 3.57. The molecule has 3 nitrogen and oxygen atoms in total. The van der Waals surface area contributed by atoms with E-state index in [0.717, 1.165) is 0 Å². The lowest BCUT2D eigenvalue weighted by Crippen LogP contribution is -2.07. The Hall–Kier alpha value is -0.970. The van der Waals surface area contributed by atoms with E-state index in [1.165, 1.54) is 12.4 Å². The molecule has 5 heteroatoms. The van der Waals surface area contributed by atoms with Gasteiger partial charge in [-0.25, -0.2) is 8.78 Å². The van der Waals surface area contributed by atoms with Crippen LogP contribution in [0.5, 0.6) is 0 Å². The standard InChI is InChI=1S/C9H14F2N2O/c1-6(2)4-13-5-7(3-12-13)8(14)9(10)11/h3,5-6,8-9,14H,4H2,1-2H3. The summed E-state index contributed by atoms with van der Waals surface area (Å²) in [6.45, 7) is 4.67. The summed E-state index contributed by atoms with van der Waals surface area (Å²) in [7, 11) is 0. The lowest BCUT2D eigenvalue weighted by atomic mass is 10.2. The molecular formula is C9H14F2N2O. The summed E-state index contributed by atoms with van der Waals surface area (Å²) < 4.78 is 25.8. The van der Waals surface area contributed by atoms with E-state index in [1.807, 2.05) is 13.8 Å². The third kappa shape index (κ3) is 2.77. The van der Waals surface area contributed by atoms with Crippen LogP contribution in [0, 0.1) is 5.92 Å². The number of nitrogens with zero attached hydrogens (tertiary/aromatic N) is 2. The number of aromatic nitrogens is 2. The number of hydrogen-bond acceptors (Lipinski definition) is 2. The molecule has 0 bridgehead atoms. The van der Waals surface area contributed by atoms with Crippen molar-refractivity contribution in [3.63, 3.8) is 0 Å². The first-order valence-corrected chi connectivity index (χ1v) is 4.49.